The zero-order chi connectivity index (χ0) is 35.1. The molecule has 0 unspecified atom stereocenters. The van der Waals surface area contributed by atoms with Gasteiger partial charge in [0.2, 0.25) is 11.8 Å². The van der Waals surface area contributed by atoms with Crippen molar-refractivity contribution in [1.29, 1.82) is 0 Å². The fraction of sp³-hybridized carbons (Fsp3) is 0.278. The summed E-state index contributed by atoms with van der Waals surface area (Å²) >= 11 is 5.88. The van der Waals surface area contributed by atoms with Crippen molar-refractivity contribution < 1.29 is 31.2 Å². The molecule has 0 aliphatic rings. The Kier molecular flexibility index (Phi) is 11.9. The number of rotatable bonds is 13. The van der Waals surface area contributed by atoms with Gasteiger partial charge in [-0.25, -0.2) is 8.42 Å². The van der Waals surface area contributed by atoms with Crippen LogP contribution in [-0.4, -0.2) is 43.8 Å². The van der Waals surface area contributed by atoms with Crippen LogP contribution in [0.1, 0.15) is 42.5 Å². The maximum absolute atomic E-state index is 14.5. The summed E-state index contributed by atoms with van der Waals surface area (Å²) in [5.74, 6) is -1.24. The quantitative estimate of drug-likeness (QED) is 0.157. The number of alkyl halides is 3. The first-order valence-electron chi connectivity index (χ1n) is 15.3. The van der Waals surface area contributed by atoms with Crippen LogP contribution >= 0.6 is 11.6 Å². The van der Waals surface area contributed by atoms with E-state index in [0.29, 0.717) is 22.4 Å². The fourth-order valence-corrected chi connectivity index (χ4v) is 6.66. The Hall–Kier alpha value is -4.35. The Balaban J connectivity index is 1.86. The summed E-state index contributed by atoms with van der Waals surface area (Å²) in [4.78, 5) is 29.4. The number of aryl methyl sites for hydroxylation is 1. The third kappa shape index (κ3) is 9.17. The molecule has 12 heteroatoms. The molecule has 0 saturated carbocycles. The number of hydrogen-bond donors (Lipinski definition) is 1. The molecule has 0 aromatic heterocycles. The molecule has 0 fully saturated rings. The number of amides is 2. The van der Waals surface area contributed by atoms with Crippen molar-refractivity contribution in [2.75, 3.05) is 10.8 Å². The number of sulfonamides is 1. The number of carbonyl (C=O) groups is 2. The highest BCUT2D eigenvalue weighted by atomic mass is 35.5. The molecular formula is C36H37ClF3N3O4S. The highest BCUT2D eigenvalue weighted by molar-refractivity contribution is 7.92. The monoisotopic (exact) mass is 699 g/mol. The lowest BCUT2D eigenvalue weighted by Gasteiger charge is -2.34. The van der Waals surface area contributed by atoms with Gasteiger partial charge in [-0.1, -0.05) is 96.9 Å². The molecule has 0 bridgehead atoms. The zero-order valence-electron chi connectivity index (χ0n) is 26.7. The fourth-order valence-electron chi connectivity index (χ4n) is 5.03. The van der Waals surface area contributed by atoms with Crippen molar-refractivity contribution in [3.05, 3.63) is 130 Å². The van der Waals surface area contributed by atoms with Gasteiger partial charge in [0.15, 0.2) is 0 Å². The smallest absolute Gasteiger partial charge is 0.352 e. The second kappa shape index (κ2) is 15.7. The molecule has 7 nitrogen and oxygen atoms in total. The topological polar surface area (TPSA) is 86.8 Å². The van der Waals surface area contributed by atoms with E-state index in [1.165, 1.54) is 17.0 Å². The van der Waals surface area contributed by atoms with E-state index in [4.69, 9.17) is 11.6 Å². The summed E-state index contributed by atoms with van der Waals surface area (Å²) in [5.41, 5.74) is 0.508. The van der Waals surface area contributed by atoms with Gasteiger partial charge in [0, 0.05) is 19.0 Å². The number of hydrogen-bond acceptors (Lipinski definition) is 4. The van der Waals surface area contributed by atoms with E-state index < -0.39 is 56.9 Å². The molecule has 48 heavy (non-hydrogen) atoms. The third-order valence-corrected chi connectivity index (χ3v) is 10.0. The first kappa shape index (κ1) is 36.5. The van der Waals surface area contributed by atoms with Crippen molar-refractivity contribution in [2.24, 2.45) is 0 Å². The molecule has 2 atom stereocenters. The van der Waals surface area contributed by atoms with Crippen LogP contribution in [0.15, 0.2) is 108 Å². The van der Waals surface area contributed by atoms with Gasteiger partial charge in [-0.2, -0.15) is 13.2 Å². The van der Waals surface area contributed by atoms with E-state index in [9.17, 15) is 31.2 Å². The van der Waals surface area contributed by atoms with Gasteiger partial charge >= 0.3 is 6.18 Å². The SMILES string of the molecule is CC[C@@H](C)NC(=O)[C@@H](Cc1ccccc1)N(Cc1ccccc1)C(=O)CN(c1ccc(Cl)c(C(F)(F)F)c1)S(=O)(=O)c1ccc(C)cc1. The van der Waals surface area contributed by atoms with Crippen molar-refractivity contribution in [3.63, 3.8) is 0 Å². The van der Waals surface area contributed by atoms with Crippen molar-refractivity contribution in [2.45, 2.75) is 63.3 Å². The molecule has 0 aliphatic carbocycles. The summed E-state index contributed by atoms with van der Waals surface area (Å²) in [6, 6.07) is 25.0. The Morgan fingerprint density at radius 2 is 1.46 bits per heavy atom. The van der Waals surface area contributed by atoms with Crippen molar-refractivity contribution in [3.8, 4) is 0 Å². The molecule has 1 N–H and O–H groups in total. The number of benzene rings is 4. The van der Waals surface area contributed by atoms with Gasteiger partial charge in [0.25, 0.3) is 10.0 Å². The predicted octanol–water partition coefficient (Wildman–Crippen LogP) is 7.42. The summed E-state index contributed by atoms with van der Waals surface area (Å²) < 4.78 is 70.8. The summed E-state index contributed by atoms with van der Waals surface area (Å²) in [7, 11) is -4.60. The lowest BCUT2D eigenvalue weighted by atomic mass is 10.0. The van der Waals surface area contributed by atoms with Gasteiger partial charge in [0.05, 0.1) is 21.2 Å². The molecule has 0 saturated heterocycles. The van der Waals surface area contributed by atoms with E-state index in [1.54, 1.807) is 61.5 Å². The number of anilines is 1. The summed E-state index contributed by atoms with van der Waals surface area (Å²) in [6.07, 6.45) is -4.17. The highest BCUT2D eigenvalue weighted by Crippen LogP contribution is 2.38. The van der Waals surface area contributed by atoms with Crippen LogP contribution in [0, 0.1) is 6.92 Å². The van der Waals surface area contributed by atoms with Gasteiger partial charge < -0.3 is 10.2 Å². The Morgan fingerprint density at radius 1 is 0.875 bits per heavy atom. The Labute approximate surface area is 284 Å². The van der Waals surface area contributed by atoms with Gasteiger partial charge in [-0.15, -0.1) is 0 Å². The molecule has 0 aliphatic heterocycles. The van der Waals surface area contributed by atoms with Crippen LogP contribution in [0.25, 0.3) is 0 Å². The lowest BCUT2D eigenvalue weighted by Crippen LogP contribution is -2.54. The summed E-state index contributed by atoms with van der Waals surface area (Å²) in [6.45, 7) is 4.52. The minimum Gasteiger partial charge on any atom is -0.352 e. The first-order chi connectivity index (χ1) is 22.7. The molecule has 4 aromatic rings. The first-order valence-corrected chi connectivity index (χ1v) is 17.2. The Bertz CT molecular complexity index is 1810. The maximum Gasteiger partial charge on any atom is 0.417 e. The van der Waals surface area contributed by atoms with Gasteiger partial charge in [-0.3, -0.25) is 13.9 Å². The second-order valence-electron chi connectivity index (χ2n) is 11.5. The number of halogens is 4. The highest BCUT2D eigenvalue weighted by Gasteiger charge is 2.37. The molecule has 2 amide bonds. The molecule has 254 valence electrons. The number of nitrogens with one attached hydrogen (secondary N) is 1. The second-order valence-corrected chi connectivity index (χ2v) is 13.8. The number of nitrogens with zero attached hydrogens (tertiary/aromatic N) is 2. The van der Waals surface area contributed by atoms with E-state index in [1.807, 2.05) is 32.0 Å². The molecule has 4 rings (SSSR count). The molecule has 0 heterocycles. The Morgan fingerprint density at radius 3 is 2.02 bits per heavy atom. The molecule has 4 aromatic carbocycles. The third-order valence-electron chi connectivity index (χ3n) is 7.90. The van der Waals surface area contributed by atoms with E-state index >= 15 is 0 Å². The van der Waals surface area contributed by atoms with Crippen molar-refractivity contribution >= 4 is 39.1 Å². The minimum atomic E-state index is -4.90. The van der Waals surface area contributed by atoms with E-state index in [0.717, 1.165) is 23.3 Å². The van der Waals surface area contributed by atoms with Gasteiger partial charge in [-0.05, 0) is 61.7 Å². The maximum atomic E-state index is 14.5. The predicted molar refractivity (Wildman–Crippen MR) is 181 cm³/mol. The van der Waals surface area contributed by atoms with E-state index in [-0.39, 0.29) is 23.9 Å². The van der Waals surface area contributed by atoms with Gasteiger partial charge in [0.1, 0.15) is 12.6 Å². The average molecular weight is 700 g/mol. The van der Waals surface area contributed by atoms with Crippen LogP contribution in [0.3, 0.4) is 0 Å². The van der Waals surface area contributed by atoms with Crippen LogP contribution in [0.4, 0.5) is 18.9 Å². The largest absolute Gasteiger partial charge is 0.417 e. The molecular weight excluding hydrogens is 663 g/mol. The minimum absolute atomic E-state index is 0.0715. The normalized spacial score (nSPS) is 13.0. The average Bonchev–Trinajstić information content (AvgIpc) is 3.06. The van der Waals surface area contributed by atoms with Crippen molar-refractivity contribution in [1.82, 2.24) is 10.2 Å². The lowest BCUT2D eigenvalue weighted by molar-refractivity contribution is -0.140. The van der Waals surface area contributed by atoms with Crippen LogP contribution in [0.5, 0.6) is 0 Å². The summed E-state index contributed by atoms with van der Waals surface area (Å²) in [5, 5.41) is 2.32. The standard InChI is InChI=1S/C36H37ClF3N3O4S/c1-4-26(3)41-35(45)33(21-27-11-7-5-8-12-27)42(23-28-13-9-6-10-14-28)34(44)24-43(48(46,47)30-18-15-25(2)16-19-30)29-17-20-32(37)31(22-29)36(38,39)40/h5-20,22,26,33H,4,21,23-24H2,1-3H3,(H,41,45)/t26-,33-/m1/s1. The molecule has 0 radical (unpaired) electrons. The van der Waals surface area contributed by atoms with Crippen LogP contribution in [-0.2, 0) is 38.8 Å². The van der Waals surface area contributed by atoms with Crippen LogP contribution < -0.4 is 9.62 Å². The van der Waals surface area contributed by atoms with Crippen LogP contribution in [0.2, 0.25) is 5.02 Å². The number of carbonyl (C=O) groups excluding carboxylic acids is 2. The molecule has 0 spiro atoms. The van der Waals surface area contributed by atoms with E-state index in [2.05, 4.69) is 5.32 Å². The zero-order valence-corrected chi connectivity index (χ0v) is 28.3.